The van der Waals surface area contributed by atoms with Crippen molar-refractivity contribution in [2.75, 3.05) is 20.1 Å². The lowest BCUT2D eigenvalue weighted by atomic mass is 9.96. The first-order valence-electron chi connectivity index (χ1n) is 7.07. The molecular formula is C14H21N3O2. The van der Waals surface area contributed by atoms with Gasteiger partial charge >= 0.3 is 5.97 Å². The van der Waals surface area contributed by atoms with Crippen molar-refractivity contribution in [1.82, 2.24) is 14.5 Å². The van der Waals surface area contributed by atoms with Gasteiger partial charge in [0.1, 0.15) is 5.82 Å². The average molecular weight is 263 g/mol. The van der Waals surface area contributed by atoms with Gasteiger partial charge in [0.05, 0.1) is 5.69 Å². The number of carboxylic acid groups (broad SMARTS) is 1. The molecule has 0 radical (unpaired) electrons. The van der Waals surface area contributed by atoms with E-state index in [0.717, 1.165) is 50.4 Å². The van der Waals surface area contributed by atoms with E-state index in [1.54, 1.807) is 0 Å². The van der Waals surface area contributed by atoms with Gasteiger partial charge in [0.25, 0.3) is 0 Å². The third-order valence-electron chi connectivity index (χ3n) is 4.45. The Morgan fingerprint density at radius 3 is 2.79 bits per heavy atom. The van der Waals surface area contributed by atoms with Crippen LogP contribution in [0.3, 0.4) is 0 Å². The first-order chi connectivity index (χ1) is 9.06. The van der Waals surface area contributed by atoms with Gasteiger partial charge in [0, 0.05) is 19.0 Å². The van der Waals surface area contributed by atoms with Crippen LogP contribution < -0.4 is 0 Å². The number of nitrogens with zero attached hydrogens (tertiary/aromatic N) is 3. The smallest absolute Gasteiger partial charge is 0.356 e. The van der Waals surface area contributed by atoms with Gasteiger partial charge in [-0.1, -0.05) is 6.92 Å². The van der Waals surface area contributed by atoms with Crippen LogP contribution in [0.4, 0.5) is 0 Å². The van der Waals surface area contributed by atoms with E-state index in [9.17, 15) is 9.90 Å². The van der Waals surface area contributed by atoms with Crippen LogP contribution in [0.5, 0.6) is 0 Å². The minimum absolute atomic E-state index is 0.288. The number of carbonyl (C=O) groups is 1. The van der Waals surface area contributed by atoms with Gasteiger partial charge in [-0.05, 0) is 38.8 Å². The Morgan fingerprint density at radius 2 is 2.16 bits per heavy atom. The molecule has 5 heteroatoms. The van der Waals surface area contributed by atoms with Crippen molar-refractivity contribution in [2.45, 2.75) is 38.6 Å². The van der Waals surface area contributed by atoms with Crippen molar-refractivity contribution in [3.8, 4) is 0 Å². The maximum absolute atomic E-state index is 11.4. The molecule has 0 bridgehead atoms. The van der Waals surface area contributed by atoms with Gasteiger partial charge in [-0.15, -0.1) is 0 Å². The van der Waals surface area contributed by atoms with Gasteiger partial charge in [-0.25, -0.2) is 9.78 Å². The normalized spacial score (nSPS) is 27.5. The van der Waals surface area contributed by atoms with Crippen LogP contribution in [-0.2, 0) is 13.0 Å². The van der Waals surface area contributed by atoms with Crippen molar-refractivity contribution in [1.29, 1.82) is 0 Å². The van der Waals surface area contributed by atoms with E-state index in [2.05, 4.69) is 28.4 Å². The average Bonchev–Trinajstić information content (AvgIpc) is 2.92. The Labute approximate surface area is 113 Å². The first kappa shape index (κ1) is 12.7. The number of hydrogen-bond acceptors (Lipinski definition) is 3. The van der Waals surface area contributed by atoms with Gasteiger partial charge in [-0.2, -0.15) is 0 Å². The number of hydrogen-bond donors (Lipinski definition) is 1. The maximum Gasteiger partial charge on any atom is 0.356 e. The molecule has 104 valence electrons. The van der Waals surface area contributed by atoms with Crippen molar-refractivity contribution < 1.29 is 9.90 Å². The molecule has 0 aromatic carbocycles. The van der Waals surface area contributed by atoms with Crippen LogP contribution >= 0.6 is 0 Å². The number of fused-ring (bicyclic) bond motifs is 1. The molecule has 0 amide bonds. The summed E-state index contributed by atoms with van der Waals surface area (Å²) < 4.78 is 2.19. The summed E-state index contributed by atoms with van der Waals surface area (Å²) in [7, 11) is 2.11. The molecule has 2 atom stereocenters. The lowest BCUT2D eigenvalue weighted by molar-refractivity contribution is 0.0689. The number of aromatic carboxylic acids is 1. The van der Waals surface area contributed by atoms with Crippen LogP contribution in [-0.4, -0.2) is 45.7 Å². The van der Waals surface area contributed by atoms with Gasteiger partial charge in [0.2, 0.25) is 0 Å². The highest BCUT2D eigenvalue weighted by molar-refractivity contribution is 5.87. The summed E-state index contributed by atoms with van der Waals surface area (Å²) in [4.78, 5) is 18.2. The molecule has 0 saturated carbocycles. The second-order valence-corrected chi connectivity index (χ2v) is 6.07. The Kier molecular flexibility index (Phi) is 3.09. The fourth-order valence-corrected chi connectivity index (χ4v) is 3.37. The topological polar surface area (TPSA) is 58.4 Å². The number of carboxylic acids is 1. The molecule has 1 aromatic rings. The highest BCUT2D eigenvalue weighted by Gasteiger charge is 2.32. The number of rotatable bonds is 2. The molecule has 1 N–H and O–H groups in total. The molecule has 1 saturated heterocycles. The molecule has 19 heavy (non-hydrogen) atoms. The number of likely N-dealkylation sites (N-methyl/N-ethyl adjacent to an activating group) is 1. The summed E-state index contributed by atoms with van der Waals surface area (Å²) in [5, 5.41) is 9.35. The van der Waals surface area contributed by atoms with Crippen molar-refractivity contribution in [3.05, 3.63) is 17.2 Å². The molecule has 3 heterocycles. The van der Waals surface area contributed by atoms with E-state index in [1.807, 2.05) is 0 Å². The summed E-state index contributed by atoms with van der Waals surface area (Å²) in [6.45, 7) is 5.17. The van der Waals surface area contributed by atoms with E-state index in [0.29, 0.717) is 11.8 Å². The predicted octanol–water partition coefficient (Wildman–Crippen LogP) is 1.58. The van der Waals surface area contributed by atoms with E-state index in [-0.39, 0.29) is 5.69 Å². The lowest BCUT2D eigenvalue weighted by Crippen LogP contribution is -2.21. The molecule has 3 rings (SSSR count). The fraction of sp³-hybridized carbons (Fsp3) is 0.714. The molecule has 2 aliphatic rings. The van der Waals surface area contributed by atoms with Crippen LogP contribution in [0.1, 0.15) is 47.7 Å². The molecule has 0 spiro atoms. The quantitative estimate of drug-likeness (QED) is 0.880. The number of likely N-dealkylation sites (tertiary alicyclic amines) is 1. The summed E-state index contributed by atoms with van der Waals surface area (Å²) in [6, 6.07) is 0. The van der Waals surface area contributed by atoms with Crippen molar-refractivity contribution >= 4 is 5.97 Å². The second-order valence-electron chi connectivity index (χ2n) is 6.07. The third kappa shape index (κ3) is 2.16. The molecule has 1 aromatic heterocycles. The van der Waals surface area contributed by atoms with Crippen LogP contribution in [0.25, 0.3) is 0 Å². The standard InChI is InChI=1S/C14H21N3O2/c1-9-3-6-17-11(7-9)12(14(18)19)15-13(17)10-4-5-16(2)8-10/h9-10H,3-8H2,1-2H3,(H,18,19). The van der Waals surface area contributed by atoms with Crippen molar-refractivity contribution in [3.63, 3.8) is 0 Å². The molecule has 0 aliphatic carbocycles. The Hall–Kier alpha value is -1.36. The van der Waals surface area contributed by atoms with Crippen molar-refractivity contribution in [2.24, 2.45) is 5.92 Å². The van der Waals surface area contributed by atoms with E-state index >= 15 is 0 Å². The largest absolute Gasteiger partial charge is 0.476 e. The summed E-state index contributed by atoms with van der Waals surface area (Å²) in [5.41, 5.74) is 1.23. The Balaban J connectivity index is 2.01. The lowest BCUT2D eigenvalue weighted by Gasteiger charge is -2.23. The molecule has 2 unspecified atom stereocenters. The van der Waals surface area contributed by atoms with E-state index in [1.165, 1.54) is 0 Å². The summed E-state index contributed by atoms with van der Waals surface area (Å²) in [6.07, 6.45) is 3.05. The first-order valence-corrected chi connectivity index (χ1v) is 7.07. The summed E-state index contributed by atoms with van der Waals surface area (Å²) >= 11 is 0. The number of imidazole rings is 1. The summed E-state index contributed by atoms with van der Waals surface area (Å²) in [5.74, 6) is 1.07. The second kappa shape index (κ2) is 4.63. The molecular weight excluding hydrogens is 242 g/mol. The van der Waals surface area contributed by atoms with Gasteiger partial charge in [-0.3, -0.25) is 0 Å². The maximum atomic E-state index is 11.4. The molecule has 5 nitrogen and oxygen atoms in total. The van der Waals surface area contributed by atoms with Gasteiger partial charge in [0.15, 0.2) is 5.69 Å². The highest BCUT2D eigenvalue weighted by atomic mass is 16.4. The SMILES string of the molecule is CC1CCn2c(C3CCN(C)C3)nc(C(=O)O)c2C1. The minimum Gasteiger partial charge on any atom is -0.476 e. The Bertz CT molecular complexity index is 509. The monoisotopic (exact) mass is 263 g/mol. The van der Waals surface area contributed by atoms with E-state index in [4.69, 9.17) is 0 Å². The molecule has 2 aliphatic heterocycles. The fourth-order valence-electron chi connectivity index (χ4n) is 3.37. The zero-order valence-corrected chi connectivity index (χ0v) is 11.6. The van der Waals surface area contributed by atoms with E-state index < -0.39 is 5.97 Å². The number of aromatic nitrogens is 2. The zero-order chi connectivity index (χ0) is 13.6. The van der Waals surface area contributed by atoms with Crippen LogP contribution in [0, 0.1) is 5.92 Å². The highest BCUT2D eigenvalue weighted by Crippen LogP contribution is 2.31. The van der Waals surface area contributed by atoms with Crippen LogP contribution in [0.2, 0.25) is 0 Å². The molecule has 1 fully saturated rings. The minimum atomic E-state index is -0.879. The Morgan fingerprint density at radius 1 is 1.37 bits per heavy atom. The van der Waals surface area contributed by atoms with Gasteiger partial charge < -0.3 is 14.6 Å². The third-order valence-corrected chi connectivity index (χ3v) is 4.45. The predicted molar refractivity (Wildman–Crippen MR) is 71.5 cm³/mol. The zero-order valence-electron chi connectivity index (χ0n) is 11.6. The van der Waals surface area contributed by atoms with Crippen LogP contribution in [0.15, 0.2) is 0 Å².